The van der Waals surface area contributed by atoms with Crippen molar-refractivity contribution in [1.29, 1.82) is 0 Å². The number of Topliss-reactive ketones (excluding diaryl/α,β-unsaturated/α-hetero) is 1. The van der Waals surface area contributed by atoms with Crippen LogP contribution in [0.3, 0.4) is 0 Å². The smallest absolute Gasteiger partial charge is 0.248 e. The molecule has 1 aliphatic rings. The van der Waals surface area contributed by atoms with E-state index >= 15 is 0 Å². The molecular formula is C18H18N2O3. The molecule has 1 aromatic rings. The van der Waals surface area contributed by atoms with Crippen LogP contribution >= 0.6 is 0 Å². The van der Waals surface area contributed by atoms with E-state index in [9.17, 15) is 14.7 Å². The van der Waals surface area contributed by atoms with Crippen molar-refractivity contribution < 1.29 is 14.7 Å². The Balaban J connectivity index is 1.81. The Labute approximate surface area is 134 Å². The number of carbonyl (C=O) groups excluding carboxylic acids is 2. The first kappa shape index (κ1) is 16.3. The average molecular weight is 310 g/mol. The Morgan fingerprint density at radius 2 is 1.78 bits per heavy atom. The number of nitrogens with one attached hydrogen (secondary N) is 1. The fraction of sp³-hybridized carbons (Fsp3) is 0.111. The van der Waals surface area contributed by atoms with Gasteiger partial charge in [0.2, 0.25) is 5.91 Å². The van der Waals surface area contributed by atoms with E-state index in [0.29, 0.717) is 5.69 Å². The van der Waals surface area contributed by atoms with Crippen molar-refractivity contribution in [2.75, 3.05) is 5.73 Å². The molecule has 0 unspecified atom stereocenters. The van der Waals surface area contributed by atoms with Crippen molar-refractivity contribution in [2.24, 2.45) is 0 Å². The minimum atomic E-state index is -0.450. The molecule has 5 heteroatoms. The normalized spacial score (nSPS) is 15.4. The van der Waals surface area contributed by atoms with Crippen LogP contribution in [0.5, 0.6) is 0 Å². The topological polar surface area (TPSA) is 92.4 Å². The third-order valence-electron chi connectivity index (χ3n) is 3.21. The summed E-state index contributed by atoms with van der Waals surface area (Å²) in [6.07, 6.45) is 10.6. The van der Waals surface area contributed by atoms with Gasteiger partial charge in [-0.05, 0) is 17.7 Å². The number of amides is 1. The lowest BCUT2D eigenvalue weighted by Crippen LogP contribution is -2.24. The molecule has 0 aromatic heterocycles. The molecule has 0 fully saturated rings. The monoisotopic (exact) mass is 310 g/mol. The highest BCUT2D eigenvalue weighted by Gasteiger charge is 2.23. The van der Waals surface area contributed by atoms with Gasteiger partial charge in [-0.2, -0.15) is 0 Å². The number of nitrogen functional groups attached to an aromatic ring is 1. The van der Waals surface area contributed by atoms with E-state index in [2.05, 4.69) is 5.32 Å². The highest BCUT2D eigenvalue weighted by Crippen LogP contribution is 2.17. The van der Waals surface area contributed by atoms with Crippen molar-refractivity contribution in [3.8, 4) is 0 Å². The second-order valence-corrected chi connectivity index (χ2v) is 5.00. The Hall–Kier alpha value is -3.08. The summed E-state index contributed by atoms with van der Waals surface area (Å²) in [5.41, 5.74) is 7.34. The number of hydrogen-bond donors (Lipinski definition) is 3. The number of allylic oxidation sites excluding steroid dienone is 6. The number of anilines is 1. The maximum atomic E-state index is 11.6. The van der Waals surface area contributed by atoms with Gasteiger partial charge in [-0.3, -0.25) is 9.59 Å². The lowest BCUT2D eigenvalue weighted by Gasteiger charge is -2.01. The van der Waals surface area contributed by atoms with E-state index in [4.69, 9.17) is 5.73 Å². The van der Waals surface area contributed by atoms with Crippen molar-refractivity contribution in [3.05, 3.63) is 71.7 Å². The predicted octanol–water partition coefficient (Wildman–Crippen LogP) is 2.64. The summed E-state index contributed by atoms with van der Waals surface area (Å²) in [7, 11) is 0. The minimum absolute atomic E-state index is 0.00637. The maximum absolute atomic E-state index is 11.6. The number of aliphatic hydroxyl groups is 1. The van der Waals surface area contributed by atoms with Crippen LogP contribution in [0.2, 0.25) is 0 Å². The molecule has 0 radical (unpaired) electrons. The third kappa shape index (κ3) is 5.00. The summed E-state index contributed by atoms with van der Waals surface area (Å²) >= 11 is 0. The lowest BCUT2D eigenvalue weighted by atomic mass is 10.2. The molecule has 23 heavy (non-hydrogen) atoms. The molecule has 1 aromatic carbocycles. The number of hydrogen-bond acceptors (Lipinski definition) is 4. The molecule has 0 atom stereocenters. The zero-order valence-corrected chi connectivity index (χ0v) is 12.5. The minimum Gasteiger partial charge on any atom is -0.510 e. The van der Waals surface area contributed by atoms with Gasteiger partial charge in [-0.15, -0.1) is 0 Å². The highest BCUT2D eigenvalue weighted by atomic mass is 16.3. The zero-order chi connectivity index (χ0) is 16.7. The standard InChI is InChI=1S/C18H18N2O3/c19-14-9-7-13(8-10-14)5-3-1-2-4-6-17(23)20-18-15(21)11-12-16(18)22/h1-10,21H,11-12,19H2,(H,20,23). The van der Waals surface area contributed by atoms with Gasteiger partial charge in [0.1, 0.15) is 11.5 Å². The maximum Gasteiger partial charge on any atom is 0.248 e. The number of benzene rings is 1. The fourth-order valence-corrected chi connectivity index (χ4v) is 1.99. The molecule has 5 nitrogen and oxygen atoms in total. The number of ketones is 1. The molecule has 2 rings (SSSR count). The van der Waals surface area contributed by atoms with Gasteiger partial charge in [-0.1, -0.05) is 42.5 Å². The van der Waals surface area contributed by atoms with Gasteiger partial charge in [0.25, 0.3) is 0 Å². The molecule has 0 bridgehead atoms. The molecule has 4 N–H and O–H groups in total. The number of aliphatic hydroxyl groups excluding tert-OH is 1. The summed E-state index contributed by atoms with van der Waals surface area (Å²) in [5.74, 6) is -0.751. The molecule has 1 amide bonds. The van der Waals surface area contributed by atoms with E-state index in [1.54, 1.807) is 18.2 Å². The van der Waals surface area contributed by atoms with Gasteiger partial charge < -0.3 is 16.2 Å². The first-order valence-electron chi connectivity index (χ1n) is 7.19. The van der Waals surface area contributed by atoms with Crippen LogP contribution in [-0.4, -0.2) is 16.8 Å². The first-order chi connectivity index (χ1) is 11.1. The van der Waals surface area contributed by atoms with Crippen LogP contribution in [0.15, 0.2) is 66.1 Å². The molecule has 0 aliphatic heterocycles. The van der Waals surface area contributed by atoms with E-state index in [0.717, 1.165) is 5.56 Å². The van der Waals surface area contributed by atoms with Gasteiger partial charge in [-0.25, -0.2) is 0 Å². The van der Waals surface area contributed by atoms with Crippen LogP contribution in [-0.2, 0) is 9.59 Å². The van der Waals surface area contributed by atoms with Crippen molar-refractivity contribution >= 4 is 23.5 Å². The Bertz CT molecular complexity index is 710. The first-order valence-corrected chi connectivity index (χ1v) is 7.19. The number of carbonyl (C=O) groups is 2. The van der Waals surface area contributed by atoms with E-state index < -0.39 is 5.91 Å². The molecular weight excluding hydrogens is 292 g/mol. The Morgan fingerprint density at radius 1 is 1.09 bits per heavy atom. The summed E-state index contributed by atoms with van der Waals surface area (Å²) in [4.78, 5) is 23.0. The number of rotatable bonds is 5. The molecule has 0 heterocycles. The van der Waals surface area contributed by atoms with Crippen molar-refractivity contribution in [2.45, 2.75) is 12.8 Å². The van der Waals surface area contributed by atoms with Crippen molar-refractivity contribution in [1.82, 2.24) is 5.32 Å². The average Bonchev–Trinajstić information content (AvgIpc) is 2.84. The van der Waals surface area contributed by atoms with Crippen molar-refractivity contribution in [3.63, 3.8) is 0 Å². The predicted molar refractivity (Wildman–Crippen MR) is 90.2 cm³/mol. The summed E-state index contributed by atoms with van der Waals surface area (Å²) < 4.78 is 0. The van der Waals surface area contributed by atoms with Crippen LogP contribution in [0, 0.1) is 0 Å². The molecule has 0 spiro atoms. The summed E-state index contributed by atoms with van der Waals surface area (Å²) in [6.45, 7) is 0. The second kappa shape index (κ2) is 7.79. The van der Waals surface area contributed by atoms with Gasteiger partial charge >= 0.3 is 0 Å². The van der Waals surface area contributed by atoms with Crippen LogP contribution in [0.1, 0.15) is 18.4 Å². The van der Waals surface area contributed by atoms with E-state index in [1.807, 2.05) is 36.4 Å². The SMILES string of the molecule is Nc1ccc(C=CC=CC=CC(=O)NC2=C(O)CCC2=O)cc1. The largest absolute Gasteiger partial charge is 0.510 e. The van der Waals surface area contributed by atoms with Gasteiger partial charge in [0.15, 0.2) is 5.78 Å². The Morgan fingerprint density at radius 3 is 2.43 bits per heavy atom. The quantitative estimate of drug-likeness (QED) is 0.443. The van der Waals surface area contributed by atoms with E-state index in [1.165, 1.54) is 6.08 Å². The van der Waals surface area contributed by atoms with Crippen LogP contribution in [0.25, 0.3) is 6.08 Å². The zero-order valence-electron chi connectivity index (χ0n) is 12.5. The molecule has 118 valence electrons. The lowest BCUT2D eigenvalue weighted by molar-refractivity contribution is -0.119. The summed E-state index contributed by atoms with van der Waals surface area (Å²) in [5, 5.41) is 11.9. The highest BCUT2D eigenvalue weighted by molar-refractivity contribution is 6.03. The summed E-state index contributed by atoms with van der Waals surface area (Å²) in [6, 6.07) is 7.45. The molecule has 1 aliphatic carbocycles. The fourth-order valence-electron chi connectivity index (χ4n) is 1.99. The van der Waals surface area contributed by atoms with Crippen LogP contribution < -0.4 is 11.1 Å². The van der Waals surface area contributed by atoms with E-state index in [-0.39, 0.29) is 30.1 Å². The third-order valence-corrected chi connectivity index (χ3v) is 3.21. The van der Waals surface area contributed by atoms with Gasteiger partial charge in [0, 0.05) is 24.6 Å². The van der Waals surface area contributed by atoms with Crippen LogP contribution in [0.4, 0.5) is 5.69 Å². The number of nitrogens with two attached hydrogens (primary N) is 1. The second-order valence-electron chi connectivity index (χ2n) is 5.00. The molecule has 0 saturated heterocycles. The van der Waals surface area contributed by atoms with Gasteiger partial charge in [0.05, 0.1) is 0 Å². The molecule has 0 saturated carbocycles. The Kier molecular flexibility index (Phi) is 5.52.